The SMILES string of the molecule is O=C(NCC1CCN(c2ccccc2)C1)C1CC2CCCC(C1)C2=O. The zero-order chi connectivity index (χ0) is 17.2. The number of rotatable bonds is 4. The van der Waals surface area contributed by atoms with Crippen molar-refractivity contribution in [2.45, 2.75) is 38.5 Å². The van der Waals surface area contributed by atoms with Crippen LogP contribution in [0.1, 0.15) is 38.5 Å². The molecule has 1 aliphatic heterocycles. The maximum Gasteiger partial charge on any atom is 0.223 e. The van der Waals surface area contributed by atoms with Crippen molar-refractivity contribution < 1.29 is 9.59 Å². The number of hydrogen-bond acceptors (Lipinski definition) is 3. The highest BCUT2D eigenvalue weighted by Crippen LogP contribution is 2.40. The first-order chi connectivity index (χ1) is 12.2. The molecular weight excluding hydrogens is 312 g/mol. The average Bonchev–Trinajstić information content (AvgIpc) is 3.09. The number of amides is 1. The van der Waals surface area contributed by atoms with E-state index in [1.165, 1.54) is 5.69 Å². The van der Waals surface area contributed by atoms with Crippen molar-refractivity contribution in [2.24, 2.45) is 23.7 Å². The molecule has 1 amide bonds. The van der Waals surface area contributed by atoms with Crippen LogP contribution in [0.25, 0.3) is 0 Å². The molecule has 4 nitrogen and oxygen atoms in total. The second kappa shape index (κ2) is 7.19. The highest BCUT2D eigenvalue weighted by Gasteiger charge is 2.41. The van der Waals surface area contributed by atoms with Crippen LogP contribution < -0.4 is 10.2 Å². The minimum atomic E-state index is 0.0552. The molecule has 4 rings (SSSR count). The van der Waals surface area contributed by atoms with Gasteiger partial charge in [-0.1, -0.05) is 24.6 Å². The molecule has 1 aromatic rings. The monoisotopic (exact) mass is 340 g/mol. The number of carbonyl (C=O) groups is 2. The van der Waals surface area contributed by atoms with E-state index in [0.717, 1.165) is 58.2 Å². The molecule has 0 aromatic heterocycles. The summed E-state index contributed by atoms with van der Waals surface area (Å²) in [5.74, 6) is 1.51. The molecule has 1 aromatic carbocycles. The Hall–Kier alpha value is -1.84. The summed E-state index contributed by atoms with van der Waals surface area (Å²) in [7, 11) is 0. The first-order valence-corrected chi connectivity index (χ1v) is 9.82. The molecule has 1 heterocycles. The number of ketones is 1. The van der Waals surface area contributed by atoms with Crippen LogP contribution in [0.2, 0.25) is 0 Å². The van der Waals surface area contributed by atoms with Crippen LogP contribution in [0, 0.1) is 23.7 Å². The van der Waals surface area contributed by atoms with Crippen LogP contribution in [0.5, 0.6) is 0 Å². The largest absolute Gasteiger partial charge is 0.371 e. The maximum atomic E-state index is 12.6. The molecule has 4 heteroatoms. The van der Waals surface area contributed by atoms with Gasteiger partial charge in [0.15, 0.2) is 0 Å². The van der Waals surface area contributed by atoms with E-state index in [2.05, 4.69) is 34.5 Å². The summed E-state index contributed by atoms with van der Waals surface area (Å²) in [6, 6.07) is 10.5. The fraction of sp³-hybridized carbons (Fsp3) is 0.619. The van der Waals surface area contributed by atoms with Gasteiger partial charge in [-0.3, -0.25) is 9.59 Å². The number of benzene rings is 1. The summed E-state index contributed by atoms with van der Waals surface area (Å²) < 4.78 is 0. The number of fused-ring (bicyclic) bond motifs is 2. The lowest BCUT2D eigenvalue weighted by atomic mass is 9.67. The Morgan fingerprint density at radius 1 is 1.08 bits per heavy atom. The molecule has 25 heavy (non-hydrogen) atoms. The molecule has 134 valence electrons. The predicted molar refractivity (Wildman–Crippen MR) is 98.3 cm³/mol. The third-order valence-electron chi connectivity index (χ3n) is 6.39. The lowest BCUT2D eigenvalue weighted by molar-refractivity contribution is -0.137. The fourth-order valence-electron chi connectivity index (χ4n) is 4.96. The maximum absolute atomic E-state index is 12.6. The van der Waals surface area contributed by atoms with Gasteiger partial charge in [0, 0.05) is 43.1 Å². The summed E-state index contributed by atoms with van der Waals surface area (Å²) >= 11 is 0. The topological polar surface area (TPSA) is 49.4 Å². The Balaban J connectivity index is 1.26. The number of Topliss-reactive ketones (excluding diaryl/α,β-unsaturated/α-hetero) is 1. The smallest absolute Gasteiger partial charge is 0.223 e. The second-order valence-electron chi connectivity index (χ2n) is 8.08. The van der Waals surface area contributed by atoms with E-state index in [1.807, 2.05) is 6.07 Å². The minimum Gasteiger partial charge on any atom is -0.371 e. The van der Waals surface area contributed by atoms with Gasteiger partial charge in [0.2, 0.25) is 5.91 Å². The minimum absolute atomic E-state index is 0.0552. The Morgan fingerprint density at radius 3 is 2.52 bits per heavy atom. The van der Waals surface area contributed by atoms with Gasteiger partial charge in [0.1, 0.15) is 5.78 Å². The predicted octanol–water partition coefficient (Wildman–Crippen LogP) is 3.02. The molecule has 0 spiro atoms. The summed E-state index contributed by atoms with van der Waals surface area (Å²) in [4.78, 5) is 27.2. The molecule has 3 atom stereocenters. The normalized spacial score (nSPS) is 31.8. The van der Waals surface area contributed by atoms with Gasteiger partial charge >= 0.3 is 0 Å². The van der Waals surface area contributed by atoms with Crippen molar-refractivity contribution in [1.82, 2.24) is 5.32 Å². The summed E-state index contributed by atoms with van der Waals surface area (Å²) in [5.41, 5.74) is 1.27. The van der Waals surface area contributed by atoms with Crippen LogP contribution in [0.4, 0.5) is 5.69 Å². The molecule has 2 aliphatic carbocycles. The molecular formula is C21H28N2O2. The van der Waals surface area contributed by atoms with Crippen molar-refractivity contribution in [3.63, 3.8) is 0 Å². The Morgan fingerprint density at radius 2 is 1.80 bits per heavy atom. The molecule has 3 fully saturated rings. The summed E-state index contributed by atoms with van der Waals surface area (Å²) in [6.07, 6.45) is 5.84. The molecule has 2 saturated carbocycles. The molecule has 0 radical (unpaired) electrons. The number of carbonyl (C=O) groups excluding carboxylic acids is 2. The van der Waals surface area contributed by atoms with Crippen LogP contribution in [-0.2, 0) is 9.59 Å². The zero-order valence-electron chi connectivity index (χ0n) is 14.8. The number of anilines is 1. The standard InChI is InChI=1S/C21H28N2O2/c24-20-16-5-4-6-17(20)12-18(11-16)21(25)22-13-15-9-10-23(14-15)19-7-2-1-3-8-19/h1-3,7-8,15-18H,4-6,9-14H2,(H,22,25). The number of para-hydroxylation sites is 1. The Bertz CT molecular complexity index is 614. The van der Waals surface area contributed by atoms with Crippen molar-refractivity contribution in [3.8, 4) is 0 Å². The number of hydrogen-bond donors (Lipinski definition) is 1. The zero-order valence-corrected chi connectivity index (χ0v) is 14.8. The van der Waals surface area contributed by atoms with E-state index in [-0.39, 0.29) is 23.7 Å². The molecule has 3 unspecified atom stereocenters. The van der Waals surface area contributed by atoms with E-state index in [0.29, 0.717) is 11.7 Å². The van der Waals surface area contributed by atoms with Crippen LogP contribution in [0.15, 0.2) is 30.3 Å². The van der Waals surface area contributed by atoms with Crippen molar-refractivity contribution in [2.75, 3.05) is 24.5 Å². The Labute approximate surface area is 150 Å². The molecule has 3 aliphatic rings. The van der Waals surface area contributed by atoms with Gasteiger partial charge in [-0.2, -0.15) is 0 Å². The van der Waals surface area contributed by atoms with E-state index >= 15 is 0 Å². The fourth-order valence-corrected chi connectivity index (χ4v) is 4.96. The lowest BCUT2D eigenvalue weighted by Crippen LogP contribution is -2.43. The first-order valence-electron chi connectivity index (χ1n) is 9.82. The van der Waals surface area contributed by atoms with Crippen LogP contribution in [-0.4, -0.2) is 31.3 Å². The number of nitrogens with zero attached hydrogens (tertiary/aromatic N) is 1. The highest BCUT2D eigenvalue weighted by molar-refractivity contribution is 5.88. The van der Waals surface area contributed by atoms with Crippen molar-refractivity contribution in [3.05, 3.63) is 30.3 Å². The molecule has 1 N–H and O–H groups in total. The first kappa shape index (κ1) is 16.6. The van der Waals surface area contributed by atoms with E-state index in [9.17, 15) is 9.59 Å². The molecule has 2 bridgehead atoms. The van der Waals surface area contributed by atoms with E-state index < -0.39 is 0 Å². The van der Waals surface area contributed by atoms with Gasteiger partial charge < -0.3 is 10.2 Å². The van der Waals surface area contributed by atoms with Gasteiger partial charge in [-0.05, 0) is 50.2 Å². The van der Waals surface area contributed by atoms with Gasteiger partial charge in [0.05, 0.1) is 0 Å². The third kappa shape index (κ3) is 3.58. The van der Waals surface area contributed by atoms with Gasteiger partial charge in [-0.15, -0.1) is 0 Å². The lowest BCUT2D eigenvalue weighted by Gasteiger charge is -2.37. The van der Waals surface area contributed by atoms with E-state index in [4.69, 9.17) is 0 Å². The second-order valence-corrected chi connectivity index (χ2v) is 8.08. The van der Waals surface area contributed by atoms with Gasteiger partial charge in [0.25, 0.3) is 0 Å². The Kier molecular flexibility index (Phi) is 4.78. The van der Waals surface area contributed by atoms with E-state index in [1.54, 1.807) is 0 Å². The summed E-state index contributed by atoms with van der Waals surface area (Å²) in [6.45, 7) is 2.84. The van der Waals surface area contributed by atoms with Crippen LogP contribution in [0.3, 0.4) is 0 Å². The van der Waals surface area contributed by atoms with Gasteiger partial charge in [-0.25, -0.2) is 0 Å². The average molecular weight is 340 g/mol. The molecule has 1 saturated heterocycles. The number of nitrogens with one attached hydrogen (secondary N) is 1. The quantitative estimate of drug-likeness (QED) is 0.916. The third-order valence-corrected chi connectivity index (χ3v) is 6.39. The highest BCUT2D eigenvalue weighted by atomic mass is 16.2. The van der Waals surface area contributed by atoms with Crippen LogP contribution >= 0.6 is 0 Å². The summed E-state index contributed by atoms with van der Waals surface area (Å²) in [5, 5.41) is 3.19. The van der Waals surface area contributed by atoms with Crippen molar-refractivity contribution in [1.29, 1.82) is 0 Å². The van der Waals surface area contributed by atoms with Crippen molar-refractivity contribution >= 4 is 17.4 Å².